The fourth-order valence-corrected chi connectivity index (χ4v) is 12.5. The third kappa shape index (κ3) is 17.6. The lowest BCUT2D eigenvalue weighted by molar-refractivity contribution is -0.206. The van der Waals surface area contributed by atoms with Crippen LogP contribution in [-0.4, -0.2) is 252 Å². The maximum Gasteiger partial charge on any atom is 0.317 e. The second kappa shape index (κ2) is 27.0. The first-order chi connectivity index (χ1) is 32.7. The van der Waals surface area contributed by atoms with Crippen LogP contribution in [0.15, 0.2) is 0 Å². The minimum Gasteiger partial charge on any atom is -0.394 e. The molecule has 4 fully saturated rings. The van der Waals surface area contributed by atoms with E-state index in [1.165, 1.54) is 11.2 Å². The number of sulfonamides is 2. The van der Waals surface area contributed by atoms with Crippen molar-refractivity contribution in [1.82, 2.24) is 24.1 Å². The molecule has 0 spiro atoms. The van der Waals surface area contributed by atoms with Crippen LogP contribution in [-0.2, 0) is 63.1 Å². The van der Waals surface area contributed by atoms with Crippen LogP contribution in [0.4, 0.5) is 4.79 Å². The number of aliphatic hydroxyl groups is 5. The molecule has 409 valence electrons. The number of rotatable bonds is 26. The Morgan fingerprint density at radius 2 is 1.33 bits per heavy atom. The fraction of sp³-hybridized carbons (Fsp3) is 0.930. The van der Waals surface area contributed by atoms with Crippen LogP contribution in [0.1, 0.15) is 79.1 Å². The molecule has 0 aromatic rings. The van der Waals surface area contributed by atoms with E-state index in [2.05, 4.69) is 10.0 Å². The molecule has 4 saturated heterocycles. The zero-order valence-electron chi connectivity index (χ0n) is 41.5. The van der Waals surface area contributed by atoms with Gasteiger partial charge in [-0.25, -0.2) is 34.8 Å². The lowest BCUT2D eigenvalue weighted by atomic mass is 9.87. The number of carbonyl (C=O) groups is 2. The van der Waals surface area contributed by atoms with Crippen LogP contribution in [0.25, 0.3) is 0 Å². The number of likely N-dealkylation sites (tertiary alicyclic amines) is 2. The van der Waals surface area contributed by atoms with Gasteiger partial charge in [-0.2, -0.15) is 4.31 Å². The van der Waals surface area contributed by atoms with Gasteiger partial charge in [0.2, 0.25) is 26.0 Å². The molecule has 0 aromatic heterocycles. The Balaban J connectivity index is 1.65. The number of nitrogens with one attached hydrogen (secondary N) is 2. The molecular formula is C43H80N5O19S3. The summed E-state index contributed by atoms with van der Waals surface area (Å²) in [6.07, 6.45) is -2.72. The predicted octanol–water partition coefficient (Wildman–Crippen LogP) is -2.31. The number of hydrogen-bond donors (Lipinski definition) is 7. The van der Waals surface area contributed by atoms with Crippen molar-refractivity contribution in [2.75, 3.05) is 90.4 Å². The van der Waals surface area contributed by atoms with Gasteiger partial charge >= 0.3 is 6.03 Å². The molecule has 0 bridgehead atoms. The van der Waals surface area contributed by atoms with Gasteiger partial charge in [-0.05, 0) is 72.1 Å². The monoisotopic (exact) mass is 1070 g/mol. The summed E-state index contributed by atoms with van der Waals surface area (Å²) in [5, 5.41) is 57.1. The Morgan fingerprint density at radius 1 is 0.771 bits per heavy atom. The van der Waals surface area contributed by atoms with Crippen LogP contribution in [0.3, 0.4) is 0 Å². The second-order valence-electron chi connectivity index (χ2n) is 19.3. The van der Waals surface area contributed by atoms with Crippen LogP contribution in [0.2, 0.25) is 0 Å². The number of sulfone groups is 1. The van der Waals surface area contributed by atoms with Gasteiger partial charge in [-0.1, -0.05) is 0 Å². The van der Waals surface area contributed by atoms with Crippen LogP contribution < -0.4 is 10.0 Å². The summed E-state index contributed by atoms with van der Waals surface area (Å²) in [5.74, 6) is -0.692. The normalized spacial score (nSPS) is 28.7. The molecule has 1 radical (unpaired) electrons. The van der Waals surface area contributed by atoms with Crippen molar-refractivity contribution in [2.45, 2.75) is 164 Å². The largest absolute Gasteiger partial charge is 0.394 e. The molecule has 24 nitrogen and oxygen atoms in total. The molecule has 4 aliphatic rings. The molecule has 0 aliphatic carbocycles. The highest BCUT2D eigenvalue weighted by molar-refractivity contribution is 7.90. The molecule has 4 rings (SSSR count). The summed E-state index contributed by atoms with van der Waals surface area (Å²) in [6.45, 7) is 3.09. The van der Waals surface area contributed by atoms with Crippen molar-refractivity contribution in [2.24, 2.45) is 0 Å². The highest BCUT2D eigenvalue weighted by Crippen LogP contribution is 2.35. The zero-order valence-corrected chi connectivity index (χ0v) is 44.0. The van der Waals surface area contributed by atoms with E-state index in [0.29, 0.717) is 32.4 Å². The summed E-state index contributed by atoms with van der Waals surface area (Å²) in [7, 11) is -11.8. The van der Waals surface area contributed by atoms with Gasteiger partial charge in [0, 0.05) is 45.3 Å². The number of ether oxygens (including phenoxy) is 6. The highest BCUT2D eigenvalue weighted by Gasteiger charge is 2.52. The average molecular weight is 1070 g/mol. The number of nitrogens with zero attached hydrogens (tertiary/aromatic N) is 3. The smallest absolute Gasteiger partial charge is 0.317 e. The SMILES string of the molecule is CC(=O)N1CCC(OC(CO)C2CC(OC(CO)C3CC(OC(CO)C(COC4C[CH]CCO4)(NS(C)(=O)=O)C(CO)OCCS(C)(=O)=O)CCN3S(C)(=O)=O)CCN2C(=O)NC(C)C)CC1C(C)O. The van der Waals surface area contributed by atoms with Crippen molar-refractivity contribution in [3.05, 3.63) is 6.42 Å². The van der Waals surface area contributed by atoms with Crippen LogP contribution in [0, 0.1) is 6.42 Å². The van der Waals surface area contributed by atoms with Gasteiger partial charge in [-0.15, -0.1) is 0 Å². The Morgan fingerprint density at radius 3 is 1.83 bits per heavy atom. The van der Waals surface area contributed by atoms with E-state index in [-0.39, 0.29) is 57.1 Å². The molecular weight excluding hydrogens is 987 g/mol. The number of urea groups is 1. The molecule has 70 heavy (non-hydrogen) atoms. The van der Waals surface area contributed by atoms with Gasteiger partial charge < -0.3 is 69.1 Å². The van der Waals surface area contributed by atoms with Gasteiger partial charge in [0.1, 0.15) is 33.7 Å². The fourth-order valence-electron chi connectivity index (χ4n) is 9.89. The Hall–Kier alpha value is -1.93. The van der Waals surface area contributed by atoms with E-state index in [9.17, 15) is 60.4 Å². The van der Waals surface area contributed by atoms with E-state index >= 15 is 0 Å². The van der Waals surface area contributed by atoms with E-state index < -0.39 is 160 Å². The molecule has 13 unspecified atom stereocenters. The number of amides is 3. The predicted molar refractivity (Wildman–Crippen MR) is 254 cm³/mol. The minimum atomic E-state index is -4.26. The van der Waals surface area contributed by atoms with Gasteiger partial charge in [-0.3, -0.25) is 4.79 Å². The number of hydrogen-bond acceptors (Lipinski definition) is 19. The summed E-state index contributed by atoms with van der Waals surface area (Å²) in [6, 6.07) is -3.08. The van der Waals surface area contributed by atoms with Crippen LogP contribution in [0.5, 0.6) is 0 Å². The van der Waals surface area contributed by atoms with Crippen molar-refractivity contribution in [1.29, 1.82) is 0 Å². The second-order valence-corrected chi connectivity index (χ2v) is 25.2. The standard InChI is InChI=1S/C43H80N5O19S3/c1-28(2)44-42(55)47-15-12-32(21-35(47)37(23-49)65-31-11-14-46(30(4)54)34(20-31)29(3)53)66-38(24-50)36-22-33(13-16-48(36)70(7,60)61)67-40(26-52)43(45-69(6,58)59,27-64-41-10-8-9-17-63-41)39(25-51)62-18-19-68(5,56)57/h8,28-29,31-41,45,49-53H,9-27H2,1-7H3,(H,44,55). The van der Waals surface area contributed by atoms with Crippen LogP contribution >= 0.6 is 0 Å². The number of carbonyl (C=O) groups excluding carboxylic acids is 2. The first-order valence-electron chi connectivity index (χ1n) is 24.0. The lowest BCUT2D eigenvalue weighted by Gasteiger charge is -2.48. The molecule has 13 atom stereocenters. The third-order valence-corrected chi connectivity index (χ3v) is 16.2. The van der Waals surface area contributed by atoms with Crippen molar-refractivity contribution in [3.8, 4) is 0 Å². The van der Waals surface area contributed by atoms with E-state index in [0.717, 1.165) is 18.8 Å². The summed E-state index contributed by atoms with van der Waals surface area (Å²) < 4.78 is 118. The van der Waals surface area contributed by atoms with Crippen molar-refractivity contribution < 1.29 is 88.8 Å². The molecule has 3 amide bonds. The van der Waals surface area contributed by atoms with E-state index in [1.54, 1.807) is 30.6 Å². The summed E-state index contributed by atoms with van der Waals surface area (Å²) in [5.41, 5.74) is -2.14. The maximum absolute atomic E-state index is 13.7. The topological polar surface area (TPSA) is 327 Å². The first kappa shape index (κ1) is 60.6. The molecule has 27 heteroatoms. The minimum absolute atomic E-state index is 0.00958. The van der Waals surface area contributed by atoms with Gasteiger partial charge in [0.05, 0.1) is 113 Å². The zero-order chi connectivity index (χ0) is 52.2. The Labute approximate surface area is 414 Å². The molecule has 4 aliphatic heterocycles. The lowest BCUT2D eigenvalue weighted by Crippen LogP contribution is -2.70. The summed E-state index contributed by atoms with van der Waals surface area (Å²) >= 11 is 0. The highest BCUT2D eigenvalue weighted by atomic mass is 32.2. The third-order valence-electron chi connectivity index (χ3n) is 13.2. The molecule has 0 aromatic carbocycles. The van der Waals surface area contributed by atoms with E-state index in [4.69, 9.17) is 28.4 Å². The summed E-state index contributed by atoms with van der Waals surface area (Å²) in [4.78, 5) is 29.2. The first-order valence-corrected chi connectivity index (χ1v) is 29.8. The van der Waals surface area contributed by atoms with Crippen molar-refractivity contribution in [3.63, 3.8) is 0 Å². The van der Waals surface area contributed by atoms with Crippen molar-refractivity contribution >= 4 is 41.8 Å². The maximum atomic E-state index is 13.7. The molecule has 7 N–H and O–H groups in total. The Bertz CT molecular complexity index is 1980. The van der Waals surface area contributed by atoms with Gasteiger partial charge in [0.15, 0.2) is 6.29 Å². The molecule has 0 saturated carbocycles. The van der Waals surface area contributed by atoms with E-state index in [1.807, 2.05) is 6.42 Å². The quantitative estimate of drug-likeness (QED) is 0.0479. The Kier molecular flexibility index (Phi) is 23.4. The molecule has 4 heterocycles. The van der Waals surface area contributed by atoms with Gasteiger partial charge in [0.25, 0.3) is 0 Å². The number of aliphatic hydroxyl groups excluding tert-OH is 5. The number of piperidine rings is 3. The average Bonchev–Trinajstić information content (AvgIpc) is 3.28.